The Hall–Kier alpha value is -1.07. The molecule has 1 aliphatic heterocycles. The second-order valence-corrected chi connectivity index (χ2v) is 8.34. The van der Waals surface area contributed by atoms with Gasteiger partial charge in [-0.15, -0.1) is 11.6 Å². The van der Waals surface area contributed by atoms with Crippen molar-refractivity contribution in [2.24, 2.45) is 0 Å². The summed E-state index contributed by atoms with van der Waals surface area (Å²) in [6, 6.07) is 6.30. The maximum Gasteiger partial charge on any atom is 0.150 e. The van der Waals surface area contributed by atoms with Crippen LogP contribution in [0.5, 0.6) is 0 Å². The summed E-state index contributed by atoms with van der Waals surface area (Å²) in [5, 5.41) is 0. The van der Waals surface area contributed by atoms with Gasteiger partial charge in [0.1, 0.15) is 15.7 Å². The number of imidazole rings is 1. The molecule has 0 amide bonds. The van der Waals surface area contributed by atoms with Crippen LogP contribution in [0, 0.1) is 6.92 Å². The molecule has 6 heteroatoms. The van der Waals surface area contributed by atoms with E-state index < -0.39 is 9.84 Å². The van der Waals surface area contributed by atoms with E-state index in [9.17, 15) is 8.42 Å². The van der Waals surface area contributed by atoms with Crippen LogP contribution in [0.3, 0.4) is 0 Å². The lowest BCUT2D eigenvalue weighted by atomic mass is 10.1. The Labute approximate surface area is 130 Å². The summed E-state index contributed by atoms with van der Waals surface area (Å²) >= 11 is 5.91. The lowest BCUT2D eigenvalue weighted by Gasteiger charge is -2.26. The standard InChI is InChI=1S/C15H19ClN2O2S/c1-11-3-2-4-13-15(11)18(14(17-13)5-8-16)12-6-9-21(19,20)10-7-12/h2-4,12H,5-10H2,1H3. The first-order valence-electron chi connectivity index (χ1n) is 7.24. The summed E-state index contributed by atoms with van der Waals surface area (Å²) in [5.41, 5.74) is 3.28. The largest absolute Gasteiger partial charge is 0.325 e. The van der Waals surface area contributed by atoms with Crippen LogP contribution in [0.25, 0.3) is 11.0 Å². The third-order valence-electron chi connectivity index (χ3n) is 4.19. The number of halogens is 1. The van der Waals surface area contributed by atoms with E-state index in [0.29, 0.717) is 25.1 Å². The second-order valence-electron chi connectivity index (χ2n) is 5.66. The maximum atomic E-state index is 11.7. The van der Waals surface area contributed by atoms with Gasteiger partial charge in [-0.05, 0) is 31.4 Å². The highest BCUT2D eigenvalue weighted by Crippen LogP contribution is 2.31. The lowest BCUT2D eigenvalue weighted by molar-refractivity contribution is 0.447. The summed E-state index contributed by atoms with van der Waals surface area (Å²) in [5.74, 6) is 2.03. The minimum atomic E-state index is -2.86. The van der Waals surface area contributed by atoms with Crippen molar-refractivity contribution in [1.82, 2.24) is 9.55 Å². The van der Waals surface area contributed by atoms with Crippen LogP contribution >= 0.6 is 11.6 Å². The lowest BCUT2D eigenvalue weighted by Crippen LogP contribution is -2.26. The number of fused-ring (bicyclic) bond motifs is 1. The van der Waals surface area contributed by atoms with E-state index >= 15 is 0 Å². The normalized spacial score (nSPS) is 19.1. The summed E-state index contributed by atoms with van der Waals surface area (Å²) in [4.78, 5) is 4.70. The average Bonchev–Trinajstić information content (AvgIpc) is 2.79. The number of rotatable bonds is 3. The molecule has 0 aliphatic carbocycles. The van der Waals surface area contributed by atoms with Gasteiger partial charge in [-0.2, -0.15) is 0 Å². The number of hydrogen-bond acceptors (Lipinski definition) is 3. The van der Waals surface area contributed by atoms with Gasteiger partial charge in [0, 0.05) is 18.3 Å². The highest BCUT2D eigenvalue weighted by Gasteiger charge is 2.27. The molecule has 0 bridgehead atoms. The molecule has 4 nitrogen and oxygen atoms in total. The quantitative estimate of drug-likeness (QED) is 0.815. The topological polar surface area (TPSA) is 52.0 Å². The van der Waals surface area contributed by atoms with Crippen LogP contribution in [-0.4, -0.2) is 35.4 Å². The van der Waals surface area contributed by atoms with Crippen LogP contribution in [0.4, 0.5) is 0 Å². The van der Waals surface area contributed by atoms with Crippen LogP contribution in [-0.2, 0) is 16.3 Å². The van der Waals surface area contributed by atoms with Gasteiger partial charge in [-0.3, -0.25) is 0 Å². The minimum Gasteiger partial charge on any atom is -0.325 e. The molecule has 1 fully saturated rings. The van der Waals surface area contributed by atoms with Crippen LogP contribution < -0.4 is 0 Å². The van der Waals surface area contributed by atoms with E-state index in [2.05, 4.69) is 17.6 Å². The Bertz CT molecular complexity index is 753. The first-order valence-corrected chi connectivity index (χ1v) is 9.60. The molecule has 1 aliphatic rings. The highest BCUT2D eigenvalue weighted by atomic mass is 35.5. The van der Waals surface area contributed by atoms with Crippen molar-refractivity contribution in [1.29, 1.82) is 0 Å². The fraction of sp³-hybridized carbons (Fsp3) is 0.533. The van der Waals surface area contributed by atoms with Crippen molar-refractivity contribution >= 4 is 32.5 Å². The molecule has 0 spiro atoms. The van der Waals surface area contributed by atoms with Gasteiger partial charge >= 0.3 is 0 Å². The summed E-state index contributed by atoms with van der Waals surface area (Å²) < 4.78 is 25.6. The molecule has 0 atom stereocenters. The van der Waals surface area contributed by atoms with E-state index in [1.807, 2.05) is 12.1 Å². The highest BCUT2D eigenvalue weighted by molar-refractivity contribution is 7.91. The van der Waals surface area contributed by atoms with Gasteiger partial charge in [-0.1, -0.05) is 12.1 Å². The van der Waals surface area contributed by atoms with Gasteiger partial charge < -0.3 is 4.57 Å². The second kappa shape index (κ2) is 5.61. The van der Waals surface area contributed by atoms with Gasteiger partial charge in [0.05, 0.1) is 22.5 Å². The molecule has 21 heavy (non-hydrogen) atoms. The molecule has 1 saturated heterocycles. The first-order chi connectivity index (χ1) is 10.0. The summed E-state index contributed by atoms with van der Waals surface area (Å²) in [6.45, 7) is 2.07. The summed E-state index contributed by atoms with van der Waals surface area (Å²) in [7, 11) is -2.86. The molecule has 0 radical (unpaired) electrons. The predicted octanol–water partition coefficient (Wildman–Crippen LogP) is 2.88. The van der Waals surface area contributed by atoms with Crippen molar-refractivity contribution in [3.05, 3.63) is 29.6 Å². The maximum absolute atomic E-state index is 11.7. The molecular weight excluding hydrogens is 308 g/mol. The molecule has 2 heterocycles. The molecule has 114 valence electrons. The Balaban J connectivity index is 2.09. The van der Waals surface area contributed by atoms with Crippen molar-refractivity contribution in [3.63, 3.8) is 0 Å². The molecule has 1 aromatic carbocycles. The Morgan fingerprint density at radius 1 is 1.33 bits per heavy atom. The molecule has 1 aromatic heterocycles. The van der Waals surface area contributed by atoms with Crippen LogP contribution in [0.15, 0.2) is 18.2 Å². The van der Waals surface area contributed by atoms with Gasteiger partial charge in [0.15, 0.2) is 0 Å². The van der Waals surface area contributed by atoms with E-state index in [1.165, 1.54) is 5.56 Å². The van der Waals surface area contributed by atoms with E-state index in [1.54, 1.807) is 0 Å². The van der Waals surface area contributed by atoms with Crippen LogP contribution in [0.2, 0.25) is 0 Å². The fourth-order valence-electron chi connectivity index (χ4n) is 3.16. The predicted molar refractivity (Wildman–Crippen MR) is 85.8 cm³/mol. The average molecular weight is 327 g/mol. The number of benzene rings is 1. The number of para-hydroxylation sites is 1. The molecular formula is C15H19ClN2O2S. The van der Waals surface area contributed by atoms with Crippen molar-refractivity contribution < 1.29 is 8.42 Å². The molecule has 0 N–H and O–H groups in total. The van der Waals surface area contributed by atoms with E-state index in [0.717, 1.165) is 16.9 Å². The van der Waals surface area contributed by atoms with Gasteiger partial charge in [0.25, 0.3) is 0 Å². The zero-order chi connectivity index (χ0) is 15.0. The van der Waals surface area contributed by atoms with E-state index in [4.69, 9.17) is 16.6 Å². The molecule has 0 unspecified atom stereocenters. The number of aryl methyl sites for hydroxylation is 2. The number of alkyl halides is 1. The smallest absolute Gasteiger partial charge is 0.150 e. The van der Waals surface area contributed by atoms with Crippen molar-refractivity contribution in [2.75, 3.05) is 17.4 Å². The molecule has 2 aromatic rings. The fourth-order valence-corrected chi connectivity index (χ4v) is 4.79. The third kappa shape index (κ3) is 2.81. The van der Waals surface area contributed by atoms with Gasteiger partial charge in [-0.25, -0.2) is 13.4 Å². The van der Waals surface area contributed by atoms with Gasteiger partial charge in [0.2, 0.25) is 0 Å². The minimum absolute atomic E-state index is 0.206. The monoisotopic (exact) mass is 326 g/mol. The Kier molecular flexibility index (Phi) is 3.97. The zero-order valence-corrected chi connectivity index (χ0v) is 13.6. The number of nitrogens with zero attached hydrogens (tertiary/aromatic N) is 2. The molecule has 3 rings (SSSR count). The first kappa shape index (κ1) is 14.9. The van der Waals surface area contributed by atoms with Crippen molar-refractivity contribution in [2.45, 2.75) is 32.2 Å². The number of aromatic nitrogens is 2. The number of sulfone groups is 1. The zero-order valence-electron chi connectivity index (χ0n) is 12.0. The SMILES string of the molecule is Cc1cccc2nc(CCCl)n(C3CCS(=O)(=O)CC3)c12. The van der Waals surface area contributed by atoms with Crippen molar-refractivity contribution in [3.8, 4) is 0 Å². The number of hydrogen-bond donors (Lipinski definition) is 0. The third-order valence-corrected chi connectivity index (χ3v) is 6.10. The summed E-state index contributed by atoms with van der Waals surface area (Å²) in [6.07, 6.45) is 2.04. The van der Waals surface area contributed by atoms with Crippen LogP contribution in [0.1, 0.15) is 30.3 Å². The van der Waals surface area contributed by atoms with E-state index in [-0.39, 0.29) is 17.5 Å². The Morgan fingerprint density at radius 3 is 2.71 bits per heavy atom. The molecule has 0 saturated carbocycles. The Morgan fingerprint density at radius 2 is 2.05 bits per heavy atom.